The summed E-state index contributed by atoms with van der Waals surface area (Å²) in [7, 11) is 1.87. The minimum atomic E-state index is -0.485. The van der Waals surface area contributed by atoms with Gasteiger partial charge in [-0.15, -0.1) is 0 Å². The molecular weight excluding hydrogens is 308 g/mol. The lowest BCUT2D eigenvalue weighted by Gasteiger charge is -2.40. The first-order valence-electron chi connectivity index (χ1n) is 8.36. The highest BCUT2D eigenvalue weighted by Gasteiger charge is 2.37. The second-order valence-electron chi connectivity index (χ2n) is 5.98. The second-order valence-corrected chi connectivity index (χ2v) is 5.98. The summed E-state index contributed by atoms with van der Waals surface area (Å²) in [6.45, 7) is 4.52. The fourth-order valence-electron chi connectivity index (χ4n) is 2.94. The van der Waals surface area contributed by atoms with E-state index in [0.29, 0.717) is 26.2 Å². The van der Waals surface area contributed by atoms with Gasteiger partial charge in [-0.05, 0) is 25.3 Å². The molecule has 0 saturated carbocycles. The van der Waals surface area contributed by atoms with Crippen molar-refractivity contribution in [2.24, 2.45) is 0 Å². The maximum atomic E-state index is 12.0. The number of hydrogen-bond acceptors (Lipinski definition) is 5. The number of piperidine rings is 1. The van der Waals surface area contributed by atoms with Crippen LogP contribution in [0.15, 0.2) is 30.3 Å². The molecule has 0 unspecified atom stereocenters. The number of likely N-dealkylation sites (tertiary alicyclic amines) is 1. The molecule has 2 rings (SSSR count). The van der Waals surface area contributed by atoms with Gasteiger partial charge in [0, 0.05) is 20.5 Å². The van der Waals surface area contributed by atoms with Gasteiger partial charge in [0.2, 0.25) is 5.91 Å². The summed E-state index contributed by atoms with van der Waals surface area (Å²) in [6.07, 6.45) is 1.36. The minimum absolute atomic E-state index is 0.0586. The minimum Gasteiger partial charge on any atom is -0.464 e. The molecule has 1 fully saturated rings. The molecule has 0 aromatic heterocycles. The first-order valence-corrected chi connectivity index (χ1v) is 8.36. The maximum absolute atomic E-state index is 12.0. The lowest BCUT2D eigenvalue weighted by atomic mass is 9.98. The van der Waals surface area contributed by atoms with Gasteiger partial charge in [0.1, 0.15) is 6.04 Å². The third-order valence-corrected chi connectivity index (χ3v) is 4.31. The van der Waals surface area contributed by atoms with Crippen LogP contribution >= 0.6 is 0 Å². The monoisotopic (exact) mass is 334 g/mol. The number of nitrogens with zero attached hydrogens (tertiary/aromatic N) is 2. The SMILES string of the molecule is CCOC(=O)[C@@H]1CC[C@@H](N(C)OCc2ccccc2)CN1C(C)=O. The Bertz CT molecular complexity index is 549. The Balaban J connectivity index is 1.93. The standard InChI is InChI=1S/C18H26N2O4/c1-4-23-18(22)17-11-10-16(12-20(17)14(2)21)19(3)24-13-15-8-6-5-7-9-15/h5-9,16-17H,4,10-13H2,1-3H3/t16-,17+/m1/s1. The molecule has 0 N–H and O–H groups in total. The number of hydrogen-bond donors (Lipinski definition) is 0. The van der Waals surface area contributed by atoms with Crippen LogP contribution in [0.2, 0.25) is 0 Å². The summed E-state index contributed by atoms with van der Waals surface area (Å²) in [5, 5.41) is 1.80. The highest BCUT2D eigenvalue weighted by molar-refractivity contribution is 5.83. The Labute approximate surface area is 143 Å². The predicted octanol–water partition coefficient (Wildman–Crippen LogP) is 1.99. The second kappa shape index (κ2) is 8.80. The molecule has 0 bridgehead atoms. The molecule has 6 nitrogen and oxygen atoms in total. The smallest absolute Gasteiger partial charge is 0.328 e. The lowest BCUT2D eigenvalue weighted by Crippen LogP contribution is -2.55. The fourth-order valence-corrected chi connectivity index (χ4v) is 2.94. The van der Waals surface area contributed by atoms with Crippen LogP contribution < -0.4 is 0 Å². The van der Waals surface area contributed by atoms with Gasteiger partial charge in [0.15, 0.2) is 0 Å². The Morgan fingerprint density at radius 3 is 2.58 bits per heavy atom. The fraction of sp³-hybridized carbons (Fsp3) is 0.556. The first-order chi connectivity index (χ1) is 11.5. The molecular formula is C18H26N2O4. The summed E-state index contributed by atoms with van der Waals surface area (Å²) in [5.74, 6) is -0.437. The van der Waals surface area contributed by atoms with Crippen molar-refractivity contribution in [1.29, 1.82) is 0 Å². The van der Waals surface area contributed by atoms with Gasteiger partial charge in [0.05, 0.1) is 19.3 Å². The molecule has 1 saturated heterocycles. The molecule has 1 aliphatic rings. The average molecular weight is 334 g/mol. The summed E-state index contributed by atoms with van der Waals surface area (Å²) >= 11 is 0. The molecule has 0 spiro atoms. The van der Waals surface area contributed by atoms with E-state index in [9.17, 15) is 9.59 Å². The number of rotatable bonds is 6. The van der Waals surface area contributed by atoms with E-state index in [4.69, 9.17) is 9.57 Å². The highest BCUT2D eigenvalue weighted by atomic mass is 16.7. The van der Waals surface area contributed by atoms with E-state index in [1.54, 1.807) is 16.9 Å². The van der Waals surface area contributed by atoms with Crippen LogP contribution in [-0.2, 0) is 25.8 Å². The van der Waals surface area contributed by atoms with Crippen LogP contribution in [0.25, 0.3) is 0 Å². The normalized spacial score (nSPS) is 20.9. The molecule has 2 atom stereocenters. The van der Waals surface area contributed by atoms with E-state index in [1.165, 1.54) is 6.92 Å². The summed E-state index contributed by atoms with van der Waals surface area (Å²) in [4.78, 5) is 31.4. The van der Waals surface area contributed by atoms with Crippen LogP contribution in [0.3, 0.4) is 0 Å². The van der Waals surface area contributed by atoms with Crippen molar-refractivity contribution < 1.29 is 19.2 Å². The Morgan fingerprint density at radius 2 is 1.96 bits per heavy atom. The molecule has 1 heterocycles. The van der Waals surface area contributed by atoms with E-state index >= 15 is 0 Å². The number of carbonyl (C=O) groups is 2. The van der Waals surface area contributed by atoms with Crippen molar-refractivity contribution in [2.45, 2.75) is 45.4 Å². The molecule has 1 amide bonds. The summed E-state index contributed by atoms with van der Waals surface area (Å²) in [6, 6.07) is 9.50. The molecule has 1 aromatic rings. The van der Waals surface area contributed by atoms with E-state index in [2.05, 4.69) is 0 Å². The van der Waals surface area contributed by atoms with E-state index in [-0.39, 0.29) is 17.9 Å². The summed E-state index contributed by atoms with van der Waals surface area (Å²) in [5.41, 5.74) is 1.09. The molecule has 24 heavy (non-hydrogen) atoms. The molecule has 1 aliphatic heterocycles. The van der Waals surface area contributed by atoms with Crippen LogP contribution in [0, 0.1) is 0 Å². The Kier molecular flexibility index (Phi) is 6.75. The quantitative estimate of drug-likeness (QED) is 0.588. The number of ether oxygens (including phenoxy) is 1. The number of hydroxylamine groups is 2. The zero-order valence-electron chi connectivity index (χ0n) is 14.6. The molecule has 0 aliphatic carbocycles. The van der Waals surface area contributed by atoms with Gasteiger partial charge in [-0.1, -0.05) is 30.3 Å². The zero-order chi connectivity index (χ0) is 17.5. The third-order valence-electron chi connectivity index (χ3n) is 4.31. The van der Waals surface area contributed by atoms with E-state index in [0.717, 1.165) is 12.0 Å². The van der Waals surface area contributed by atoms with Crippen molar-refractivity contribution in [3.63, 3.8) is 0 Å². The van der Waals surface area contributed by atoms with Gasteiger partial charge >= 0.3 is 5.97 Å². The first kappa shape index (κ1) is 18.4. The molecule has 132 valence electrons. The molecule has 0 radical (unpaired) electrons. The van der Waals surface area contributed by atoms with Crippen LogP contribution in [0.4, 0.5) is 0 Å². The van der Waals surface area contributed by atoms with Gasteiger partial charge in [-0.25, -0.2) is 4.79 Å². The average Bonchev–Trinajstić information content (AvgIpc) is 2.60. The number of esters is 1. The van der Waals surface area contributed by atoms with Crippen molar-refractivity contribution in [1.82, 2.24) is 9.96 Å². The van der Waals surface area contributed by atoms with Crippen molar-refractivity contribution in [2.75, 3.05) is 20.2 Å². The van der Waals surface area contributed by atoms with Gasteiger partial charge < -0.3 is 9.64 Å². The molecule has 1 aromatic carbocycles. The van der Waals surface area contributed by atoms with E-state index in [1.807, 2.05) is 37.4 Å². The Hall–Kier alpha value is -1.92. The Morgan fingerprint density at radius 1 is 1.25 bits per heavy atom. The number of benzene rings is 1. The van der Waals surface area contributed by atoms with Gasteiger partial charge in [-0.3, -0.25) is 9.63 Å². The lowest BCUT2D eigenvalue weighted by molar-refractivity contribution is -0.194. The topological polar surface area (TPSA) is 59.1 Å². The van der Waals surface area contributed by atoms with Gasteiger partial charge in [-0.2, -0.15) is 5.06 Å². The largest absolute Gasteiger partial charge is 0.464 e. The zero-order valence-corrected chi connectivity index (χ0v) is 14.6. The van der Waals surface area contributed by atoms with Crippen LogP contribution in [-0.4, -0.2) is 54.1 Å². The van der Waals surface area contributed by atoms with Crippen molar-refractivity contribution in [3.05, 3.63) is 35.9 Å². The highest BCUT2D eigenvalue weighted by Crippen LogP contribution is 2.22. The van der Waals surface area contributed by atoms with Crippen molar-refractivity contribution in [3.8, 4) is 0 Å². The number of amides is 1. The van der Waals surface area contributed by atoms with Crippen LogP contribution in [0.5, 0.6) is 0 Å². The van der Waals surface area contributed by atoms with E-state index < -0.39 is 6.04 Å². The van der Waals surface area contributed by atoms with Gasteiger partial charge in [0.25, 0.3) is 0 Å². The van der Waals surface area contributed by atoms with Crippen LogP contribution in [0.1, 0.15) is 32.3 Å². The summed E-state index contributed by atoms with van der Waals surface area (Å²) < 4.78 is 5.09. The molecule has 6 heteroatoms. The predicted molar refractivity (Wildman–Crippen MR) is 89.8 cm³/mol. The number of carbonyl (C=O) groups excluding carboxylic acids is 2. The van der Waals surface area contributed by atoms with Crippen molar-refractivity contribution >= 4 is 11.9 Å². The third kappa shape index (κ3) is 4.79. The maximum Gasteiger partial charge on any atom is 0.328 e. The number of likely N-dealkylation sites (N-methyl/N-ethyl adjacent to an activating group) is 1.